The standard InChI is InChI=1S/C14H17BrN4/c1-2-6-17-13-9-16-10-14(19-13)18-8-11-4-3-5-12(15)7-11/h3-5,7,9-10H,2,6,8H2,1H3,(H2,17,18,19). The van der Waals surface area contributed by atoms with Gasteiger partial charge < -0.3 is 10.6 Å². The van der Waals surface area contributed by atoms with E-state index in [1.54, 1.807) is 12.4 Å². The lowest BCUT2D eigenvalue weighted by Crippen LogP contribution is -2.06. The Kier molecular flexibility index (Phi) is 5.15. The fourth-order valence-electron chi connectivity index (χ4n) is 1.63. The molecule has 0 saturated carbocycles. The number of nitrogens with zero attached hydrogens (tertiary/aromatic N) is 2. The molecular formula is C14H17BrN4. The van der Waals surface area contributed by atoms with Crippen molar-refractivity contribution in [2.24, 2.45) is 0 Å². The molecule has 2 N–H and O–H groups in total. The normalized spacial score (nSPS) is 10.2. The molecule has 2 rings (SSSR count). The van der Waals surface area contributed by atoms with Crippen LogP contribution in [0.1, 0.15) is 18.9 Å². The first-order valence-corrected chi connectivity index (χ1v) is 7.11. The van der Waals surface area contributed by atoms with Crippen molar-refractivity contribution in [3.05, 3.63) is 46.7 Å². The van der Waals surface area contributed by atoms with Crippen LogP contribution >= 0.6 is 15.9 Å². The van der Waals surface area contributed by atoms with Crippen LogP contribution in [0.5, 0.6) is 0 Å². The Morgan fingerprint density at radius 1 is 1.16 bits per heavy atom. The molecular weight excluding hydrogens is 304 g/mol. The minimum absolute atomic E-state index is 0.728. The Morgan fingerprint density at radius 2 is 1.95 bits per heavy atom. The Labute approximate surface area is 121 Å². The molecule has 4 nitrogen and oxygen atoms in total. The van der Waals surface area contributed by atoms with Gasteiger partial charge in [-0.05, 0) is 24.1 Å². The first-order valence-electron chi connectivity index (χ1n) is 6.32. The van der Waals surface area contributed by atoms with Crippen LogP contribution in [0.15, 0.2) is 41.1 Å². The molecule has 0 unspecified atom stereocenters. The maximum atomic E-state index is 4.45. The summed E-state index contributed by atoms with van der Waals surface area (Å²) in [5, 5.41) is 6.49. The molecule has 0 aliphatic carbocycles. The average Bonchev–Trinajstić information content (AvgIpc) is 2.43. The van der Waals surface area contributed by atoms with Gasteiger partial charge in [0.05, 0.1) is 12.4 Å². The molecule has 1 heterocycles. The minimum Gasteiger partial charge on any atom is -0.369 e. The predicted molar refractivity (Wildman–Crippen MR) is 82.3 cm³/mol. The highest BCUT2D eigenvalue weighted by atomic mass is 79.9. The highest BCUT2D eigenvalue weighted by Gasteiger charge is 1.99. The zero-order valence-corrected chi connectivity index (χ0v) is 12.4. The van der Waals surface area contributed by atoms with E-state index in [1.807, 2.05) is 12.1 Å². The predicted octanol–water partition coefficient (Wildman–Crippen LogP) is 3.67. The van der Waals surface area contributed by atoms with Gasteiger partial charge in [0.2, 0.25) is 0 Å². The Hall–Kier alpha value is -1.62. The number of hydrogen-bond donors (Lipinski definition) is 2. The lowest BCUT2D eigenvalue weighted by atomic mass is 10.2. The van der Waals surface area contributed by atoms with Crippen LogP contribution in [0, 0.1) is 0 Å². The van der Waals surface area contributed by atoms with E-state index >= 15 is 0 Å². The van der Waals surface area contributed by atoms with Crippen molar-refractivity contribution in [3.63, 3.8) is 0 Å². The molecule has 0 atom stereocenters. The summed E-state index contributed by atoms with van der Waals surface area (Å²) >= 11 is 3.46. The van der Waals surface area contributed by atoms with E-state index in [1.165, 1.54) is 5.56 Å². The first-order chi connectivity index (χ1) is 9.28. The fourth-order valence-corrected chi connectivity index (χ4v) is 2.08. The van der Waals surface area contributed by atoms with Gasteiger partial charge in [-0.2, -0.15) is 0 Å². The van der Waals surface area contributed by atoms with E-state index in [0.29, 0.717) is 0 Å². The maximum absolute atomic E-state index is 4.45. The van der Waals surface area contributed by atoms with Crippen LogP contribution in [0.2, 0.25) is 0 Å². The largest absolute Gasteiger partial charge is 0.369 e. The van der Waals surface area contributed by atoms with E-state index in [4.69, 9.17) is 0 Å². The molecule has 1 aromatic carbocycles. The Balaban J connectivity index is 1.95. The van der Waals surface area contributed by atoms with Crippen molar-refractivity contribution in [2.45, 2.75) is 19.9 Å². The van der Waals surface area contributed by atoms with Crippen LogP contribution in [-0.2, 0) is 6.54 Å². The third-order valence-corrected chi connectivity index (χ3v) is 3.05. The van der Waals surface area contributed by atoms with Gasteiger partial charge in [0.1, 0.15) is 11.6 Å². The summed E-state index contributed by atoms with van der Waals surface area (Å²) in [6, 6.07) is 8.19. The van der Waals surface area contributed by atoms with Crippen molar-refractivity contribution in [2.75, 3.05) is 17.2 Å². The molecule has 19 heavy (non-hydrogen) atoms. The quantitative estimate of drug-likeness (QED) is 0.852. The molecule has 0 radical (unpaired) electrons. The van der Waals surface area contributed by atoms with Gasteiger partial charge in [0.25, 0.3) is 0 Å². The van der Waals surface area contributed by atoms with Gasteiger partial charge in [-0.3, -0.25) is 4.98 Å². The molecule has 0 aliphatic rings. The molecule has 5 heteroatoms. The molecule has 0 amide bonds. The van der Waals surface area contributed by atoms with Crippen LogP contribution in [0.25, 0.3) is 0 Å². The van der Waals surface area contributed by atoms with Crippen LogP contribution in [0.3, 0.4) is 0 Å². The zero-order valence-electron chi connectivity index (χ0n) is 10.9. The van der Waals surface area contributed by atoms with E-state index in [-0.39, 0.29) is 0 Å². The van der Waals surface area contributed by atoms with Crippen LogP contribution in [-0.4, -0.2) is 16.5 Å². The number of rotatable bonds is 6. The van der Waals surface area contributed by atoms with Gasteiger partial charge in [-0.1, -0.05) is 35.0 Å². The average molecular weight is 321 g/mol. The van der Waals surface area contributed by atoms with Crippen molar-refractivity contribution in [1.29, 1.82) is 0 Å². The molecule has 2 aromatic rings. The van der Waals surface area contributed by atoms with Crippen molar-refractivity contribution < 1.29 is 0 Å². The fraction of sp³-hybridized carbons (Fsp3) is 0.286. The molecule has 0 spiro atoms. The number of benzene rings is 1. The summed E-state index contributed by atoms with van der Waals surface area (Å²) in [5.41, 5.74) is 1.20. The number of halogens is 1. The summed E-state index contributed by atoms with van der Waals surface area (Å²) in [6.45, 7) is 3.75. The second-order valence-electron chi connectivity index (χ2n) is 4.20. The number of aromatic nitrogens is 2. The second-order valence-corrected chi connectivity index (χ2v) is 5.12. The van der Waals surface area contributed by atoms with Crippen LogP contribution in [0.4, 0.5) is 11.6 Å². The number of nitrogens with one attached hydrogen (secondary N) is 2. The zero-order chi connectivity index (χ0) is 13.5. The lowest BCUT2D eigenvalue weighted by molar-refractivity contribution is 0.962. The van der Waals surface area contributed by atoms with Gasteiger partial charge in [-0.25, -0.2) is 4.98 Å². The maximum Gasteiger partial charge on any atom is 0.147 e. The van der Waals surface area contributed by atoms with Gasteiger partial charge in [0, 0.05) is 17.6 Å². The molecule has 100 valence electrons. The molecule has 0 aliphatic heterocycles. The van der Waals surface area contributed by atoms with E-state index in [9.17, 15) is 0 Å². The Morgan fingerprint density at radius 3 is 2.68 bits per heavy atom. The van der Waals surface area contributed by atoms with E-state index in [2.05, 4.69) is 55.6 Å². The van der Waals surface area contributed by atoms with Crippen LogP contribution < -0.4 is 10.6 Å². The first kappa shape index (κ1) is 13.8. The SMILES string of the molecule is CCCNc1cncc(NCc2cccc(Br)c2)n1. The van der Waals surface area contributed by atoms with Gasteiger partial charge in [-0.15, -0.1) is 0 Å². The van der Waals surface area contributed by atoms with Crippen molar-refractivity contribution >= 4 is 27.6 Å². The number of anilines is 2. The van der Waals surface area contributed by atoms with Gasteiger partial charge >= 0.3 is 0 Å². The van der Waals surface area contributed by atoms with E-state index < -0.39 is 0 Å². The summed E-state index contributed by atoms with van der Waals surface area (Å²) < 4.78 is 1.08. The van der Waals surface area contributed by atoms with E-state index in [0.717, 1.165) is 35.6 Å². The van der Waals surface area contributed by atoms with Crippen molar-refractivity contribution in [1.82, 2.24) is 9.97 Å². The Bertz CT molecular complexity index is 530. The lowest BCUT2D eigenvalue weighted by Gasteiger charge is -2.08. The summed E-state index contributed by atoms with van der Waals surface area (Å²) in [5.74, 6) is 1.59. The monoisotopic (exact) mass is 320 g/mol. The summed E-state index contributed by atoms with van der Waals surface area (Å²) in [6.07, 6.45) is 4.53. The third-order valence-electron chi connectivity index (χ3n) is 2.55. The van der Waals surface area contributed by atoms with Crippen molar-refractivity contribution in [3.8, 4) is 0 Å². The third kappa shape index (κ3) is 4.52. The minimum atomic E-state index is 0.728. The summed E-state index contributed by atoms with van der Waals surface area (Å²) in [7, 11) is 0. The second kappa shape index (κ2) is 7.09. The highest BCUT2D eigenvalue weighted by molar-refractivity contribution is 9.10. The number of hydrogen-bond acceptors (Lipinski definition) is 4. The highest BCUT2D eigenvalue weighted by Crippen LogP contribution is 2.13. The topological polar surface area (TPSA) is 49.8 Å². The summed E-state index contributed by atoms with van der Waals surface area (Å²) in [4.78, 5) is 8.62. The molecule has 1 aromatic heterocycles. The smallest absolute Gasteiger partial charge is 0.147 e. The molecule has 0 fully saturated rings. The molecule has 0 bridgehead atoms. The molecule has 0 saturated heterocycles. The van der Waals surface area contributed by atoms with Gasteiger partial charge in [0.15, 0.2) is 0 Å².